The minimum atomic E-state index is -2.33. The molecule has 2 aromatic carbocycles. The van der Waals surface area contributed by atoms with Gasteiger partial charge in [0.15, 0.2) is 11.5 Å². The molecule has 0 unspecified atom stereocenters. The van der Waals surface area contributed by atoms with Crippen LogP contribution in [0.1, 0.15) is 5.56 Å². The van der Waals surface area contributed by atoms with Crippen LogP contribution in [0.3, 0.4) is 0 Å². The average molecular weight is 575 g/mol. The van der Waals surface area contributed by atoms with Gasteiger partial charge in [-0.2, -0.15) is 23.7 Å². The van der Waals surface area contributed by atoms with Gasteiger partial charge in [-0.05, 0) is 6.07 Å². The molecule has 0 aliphatic heterocycles. The van der Waals surface area contributed by atoms with Gasteiger partial charge in [0.25, 0.3) is 0 Å². The summed E-state index contributed by atoms with van der Waals surface area (Å²) in [5.41, 5.74) is 5.96. The van der Waals surface area contributed by atoms with E-state index in [-0.39, 0.29) is 31.6 Å². The van der Waals surface area contributed by atoms with Crippen molar-refractivity contribution in [3.63, 3.8) is 0 Å². The highest BCUT2D eigenvalue weighted by Crippen LogP contribution is 2.33. The molecular weight excluding hydrogens is 547 g/mol. The number of halogens is 5. The van der Waals surface area contributed by atoms with Crippen molar-refractivity contribution in [2.75, 3.05) is 64.4 Å². The van der Waals surface area contributed by atoms with Crippen LogP contribution in [0, 0.1) is 29.1 Å². The average Bonchev–Trinajstić information content (AvgIpc) is 2.97. The lowest BCUT2D eigenvalue weighted by Crippen LogP contribution is -2.16. The van der Waals surface area contributed by atoms with Crippen molar-refractivity contribution in [1.82, 2.24) is 15.0 Å². The summed E-state index contributed by atoms with van der Waals surface area (Å²) >= 11 is 0. The Morgan fingerprint density at radius 3 is 1.98 bits per heavy atom. The number of benzene rings is 2. The Morgan fingerprint density at radius 2 is 1.35 bits per heavy atom. The highest BCUT2D eigenvalue weighted by atomic mass is 19.2. The third kappa shape index (κ3) is 7.77. The second-order valence-electron chi connectivity index (χ2n) is 7.71. The monoisotopic (exact) mass is 574 g/mol. The predicted octanol–water partition coefficient (Wildman–Crippen LogP) is 3.39. The topological polar surface area (TPSA) is 135 Å². The molecule has 4 N–H and O–H groups in total. The first-order chi connectivity index (χ1) is 19.3. The van der Waals surface area contributed by atoms with Crippen molar-refractivity contribution in [1.29, 1.82) is 0 Å². The van der Waals surface area contributed by atoms with E-state index in [0.717, 1.165) is 0 Å². The molecular formula is C24H27F5N6O5. The highest BCUT2D eigenvalue weighted by Gasteiger charge is 2.28. The van der Waals surface area contributed by atoms with Gasteiger partial charge in [-0.1, -0.05) is 12.1 Å². The third-order valence-electron chi connectivity index (χ3n) is 5.06. The summed E-state index contributed by atoms with van der Waals surface area (Å²) in [6, 6.07) is 4.39. The standard InChI is InChI=1S/C24H27F5N6O5/c1-36-14-5-3-4-13(20(14)37-2)12-32-23-33-22(31-7-9-39-11-10-38-8-6-30)34-24(35-23)40-21-18(28)16(26)15(25)17(27)19(21)29/h3-5H,6-12,30H2,1-2H3,(H2,31,32,33,34,35). The number of ether oxygens (including phenoxy) is 5. The molecule has 0 atom stereocenters. The van der Waals surface area contributed by atoms with E-state index < -0.39 is 40.8 Å². The van der Waals surface area contributed by atoms with E-state index in [1.807, 2.05) is 0 Å². The first-order valence-electron chi connectivity index (χ1n) is 11.8. The molecule has 0 bridgehead atoms. The fourth-order valence-corrected chi connectivity index (χ4v) is 3.23. The van der Waals surface area contributed by atoms with Gasteiger partial charge in [0, 0.05) is 25.2 Å². The fourth-order valence-electron chi connectivity index (χ4n) is 3.23. The van der Waals surface area contributed by atoms with Crippen molar-refractivity contribution in [2.45, 2.75) is 6.54 Å². The smallest absolute Gasteiger partial charge is 0.328 e. The van der Waals surface area contributed by atoms with Crippen LogP contribution < -0.4 is 30.6 Å². The van der Waals surface area contributed by atoms with E-state index in [0.29, 0.717) is 43.4 Å². The molecule has 0 amide bonds. The zero-order valence-electron chi connectivity index (χ0n) is 21.5. The summed E-state index contributed by atoms with van der Waals surface area (Å²) < 4.78 is 95.3. The lowest BCUT2D eigenvalue weighted by atomic mass is 10.2. The summed E-state index contributed by atoms with van der Waals surface area (Å²) in [4.78, 5) is 11.9. The second-order valence-corrected chi connectivity index (χ2v) is 7.71. The molecule has 0 spiro atoms. The van der Waals surface area contributed by atoms with Gasteiger partial charge in [0.2, 0.25) is 46.7 Å². The fraction of sp³-hybridized carbons (Fsp3) is 0.375. The van der Waals surface area contributed by atoms with Crippen LogP contribution in [0.4, 0.5) is 33.8 Å². The SMILES string of the molecule is COc1cccc(CNc2nc(NCCOCCOCCN)nc(Oc3c(F)c(F)c(F)c(F)c3F)n2)c1OC. The Morgan fingerprint density at radius 1 is 0.725 bits per heavy atom. The van der Waals surface area contributed by atoms with E-state index in [4.69, 9.17) is 29.4 Å². The van der Waals surface area contributed by atoms with Crippen LogP contribution in [0.25, 0.3) is 0 Å². The van der Waals surface area contributed by atoms with Crippen LogP contribution in [0.5, 0.6) is 23.3 Å². The molecule has 3 rings (SSSR count). The largest absolute Gasteiger partial charge is 0.493 e. The molecule has 0 saturated carbocycles. The maximum absolute atomic E-state index is 14.2. The Bertz CT molecular complexity index is 1260. The molecule has 0 saturated heterocycles. The van der Waals surface area contributed by atoms with Crippen molar-refractivity contribution >= 4 is 11.9 Å². The number of hydrogen-bond acceptors (Lipinski definition) is 11. The lowest BCUT2D eigenvalue weighted by Gasteiger charge is -2.14. The van der Waals surface area contributed by atoms with Gasteiger partial charge in [0.05, 0.1) is 40.6 Å². The minimum absolute atomic E-state index is 0.0811. The van der Waals surface area contributed by atoms with E-state index in [1.165, 1.54) is 14.2 Å². The predicted molar refractivity (Wildman–Crippen MR) is 132 cm³/mol. The second kappa shape index (κ2) is 14.9. The molecule has 0 fully saturated rings. The van der Waals surface area contributed by atoms with Crippen molar-refractivity contribution in [3.05, 3.63) is 52.8 Å². The molecule has 1 aromatic heterocycles. The van der Waals surface area contributed by atoms with Gasteiger partial charge in [-0.15, -0.1) is 0 Å². The number of anilines is 2. The molecule has 11 nitrogen and oxygen atoms in total. The van der Waals surface area contributed by atoms with Crippen molar-refractivity contribution in [3.8, 4) is 23.3 Å². The van der Waals surface area contributed by atoms with Crippen molar-refractivity contribution < 1.29 is 45.6 Å². The first-order valence-corrected chi connectivity index (χ1v) is 11.8. The van der Waals surface area contributed by atoms with E-state index >= 15 is 0 Å². The molecule has 0 radical (unpaired) electrons. The minimum Gasteiger partial charge on any atom is -0.493 e. The van der Waals surface area contributed by atoms with Crippen LogP contribution in [0.15, 0.2) is 18.2 Å². The summed E-state index contributed by atoms with van der Waals surface area (Å²) in [5, 5.41) is 5.68. The summed E-state index contributed by atoms with van der Waals surface area (Å²) in [6.45, 7) is 1.86. The van der Waals surface area contributed by atoms with E-state index in [1.54, 1.807) is 18.2 Å². The highest BCUT2D eigenvalue weighted by molar-refractivity contribution is 5.48. The zero-order chi connectivity index (χ0) is 29.1. The quantitative estimate of drug-likeness (QED) is 0.101. The number of methoxy groups -OCH3 is 2. The molecule has 0 aliphatic rings. The summed E-state index contributed by atoms with van der Waals surface area (Å²) in [5.74, 6) is -12.1. The maximum atomic E-state index is 14.2. The van der Waals surface area contributed by atoms with Crippen LogP contribution in [-0.2, 0) is 16.0 Å². The van der Waals surface area contributed by atoms with Gasteiger partial charge >= 0.3 is 6.01 Å². The molecule has 16 heteroatoms. The molecule has 1 heterocycles. The first kappa shape index (κ1) is 30.5. The Kier molecular flexibility index (Phi) is 11.4. The lowest BCUT2D eigenvalue weighted by molar-refractivity contribution is 0.0547. The number of rotatable bonds is 16. The number of nitrogens with one attached hydrogen (secondary N) is 2. The number of hydrogen-bond donors (Lipinski definition) is 3. The summed E-state index contributed by atoms with van der Waals surface area (Å²) in [7, 11) is 2.92. The van der Waals surface area contributed by atoms with Gasteiger partial charge < -0.3 is 40.1 Å². The van der Waals surface area contributed by atoms with E-state index in [2.05, 4.69) is 25.6 Å². The number of para-hydroxylation sites is 1. The van der Waals surface area contributed by atoms with Crippen molar-refractivity contribution in [2.24, 2.45) is 5.73 Å². The number of nitrogens with zero attached hydrogens (tertiary/aromatic N) is 3. The third-order valence-corrected chi connectivity index (χ3v) is 5.06. The van der Waals surface area contributed by atoms with Gasteiger partial charge in [-0.3, -0.25) is 0 Å². The molecule has 40 heavy (non-hydrogen) atoms. The molecule has 0 aliphatic carbocycles. The Balaban J connectivity index is 1.81. The van der Waals surface area contributed by atoms with Crippen LogP contribution in [-0.4, -0.2) is 68.7 Å². The normalized spacial score (nSPS) is 10.9. The van der Waals surface area contributed by atoms with Gasteiger partial charge in [0.1, 0.15) is 0 Å². The molecule has 3 aromatic rings. The maximum Gasteiger partial charge on any atom is 0.328 e. The Hall–Kier alpha value is -4.02. The zero-order valence-corrected chi connectivity index (χ0v) is 21.5. The van der Waals surface area contributed by atoms with Gasteiger partial charge in [-0.25, -0.2) is 13.2 Å². The molecule has 218 valence electrons. The van der Waals surface area contributed by atoms with Crippen LogP contribution >= 0.6 is 0 Å². The number of nitrogens with two attached hydrogens (primary N) is 1. The van der Waals surface area contributed by atoms with Crippen LogP contribution in [0.2, 0.25) is 0 Å². The number of aromatic nitrogens is 3. The summed E-state index contributed by atoms with van der Waals surface area (Å²) in [6.07, 6.45) is 0. The van der Waals surface area contributed by atoms with E-state index in [9.17, 15) is 22.0 Å². The Labute approximate surface area is 225 Å².